The Morgan fingerprint density at radius 2 is 2.08 bits per heavy atom. The van der Waals surface area contributed by atoms with Crippen LogP contribution in [-0.2, 0) is 13.6 Å². The zero-order valence-corrected chi connectivity index (χ0v) is 15.5. The number of nitrogens with two attached hydrogens (primary N) is 1. The second kappa shape index (κ2) is 6.72. The van der Waals surface area contributed by atoms with Gasteiger partial charge in [0.2, 0.25) is 5.91 Å². The monoisotopic (exact) mass is 370 g/mol. The lowest BCUT2D eigenvalue weighted by Crippen LogP contribution is -2.26. The van der Waals surface area contributed by atoms with Gasteiger partial charge in [0.05, 0.1) is 16.6 Å². The van der Waals surface area contributed by atoms with E-state index in [1.807, 2.05) is 6.07 Å². The summed E-state index contributed by atoms with van der Waals surface area (Å²) in [6.45, 7) is 2.08. The van der Waals surface area contributed by atoms with Crippen LogP contribution in [0.5, 0.6) is 0 Å². The molecule has 0 aliphatic carbocycles. The Bertz CT molecular complexity index is 1080. The van der Waals surface area contributed by atoms with E-state index in [0.717, 1.165) is 5.56 Å². The summed E-state index contributed by atoms with van der Waals surface area (Å²) in [5.74, 6) is -0.708. The van der Waals surface area contributed by atoms with Gasteiger partial charge in [0, 0.05) is 26.2 Å². The average Bonchev–Trinajstić information content (AvgIpc) is 2.95. The SMILES string of the molecule is Cc1c(C(=O)N(C)Cc2cccc(C(N)=O)c2)sc2ncn(C)c(=O)c12. The molecule has 0 fully saturated rings. The van der Waals surface area contributed by atoms with Crippen LogP contribution in [0.15, 0.2) is 35.4 Å². The molecular weight excluding hydrogens is 352 g/mol. The Kier molecular flexibility index (Phi) is 4.60. The van der Waals surface area contributed by atoms with E-state index in [1.165, 1.54) is 22.2 Å². The molecule has 2 heterocycles. The number of carbonyl (C=O) groups excluding carboxylic acids is 2. The van der Waals surface area contributed by atoms with Gasteiger partial charge in [-0.05, 0) is 30.2 Å². The maximum absolute atomic E-state index is 12.9. The summed E-state index contributed by atoms with van der Waals surface area (Å²) in [4.78, 5) is 43.3. The van der Waals surface area contributed by atoms with Gasteiger partial charge in [0.1, 0.15) is 4.83 Å². The van der Waals surface area contributed by atoms with Crippen molar-refractivity contribution in [3.8, 4) is 0 Å². The molecule has 0 aliphatic heterocycles. The van der Waals surface area contributed by atoms with Crippen LogP contribution in [0.1, 0.15) is 31.2 Å². The lowest BCUT2D eigenvalue weighted by atomic mass is 10.1. The number of primary amides is 1. The molecule has 0 aliphatic rings. The minimum atomic E-state index is -0.511. The Hall–Kier alpha value is -3.00. The van der Waals surface area contributed by atoms with Crippen LogP contribution in [0, 0.1) is 6.92 Å². The maximum Gasteiger partial charge on any atom is 0.264 e. The van der Waals surface area contributed by atoms with Crippen LogP contribution in [0.4, 0.5) is 0 Å². The number of fused-ring (bicyclic) bond motifs is 1. The first kappa shape index (κ1) is 17.8. The number of nitrogens with zero attached hydrogens (tertiary/aromatic N) is 3. The standard InChI is InChI=1S/C18H18N4O3S/c1-10-13-16(20-9-22(3)17(13)24)26-14(10)18(25)21(2)8-11-5-4-6-12(7-11)15(19)23/h4-7,9H,8H2,1-3H3,(H2,19,23). The molecule has 8 heteroatoms. The number of rotatable bonds is 4. The summed E-state index contributed by atoms with van der Waals surface area (Å²) in [6, 6.07) is 6.85. The average molecular weight is 370 g/mol. The highest BCUT2D eigenvalue weighted by Crippen LogP contribution is 2.28. The zero-order valence-electron chi connectivity index (χ0n) is 14.6. The molecule has 2 aromatic heterocycles. The van der Waals surface area contributed by atoms with Crippen molar-refractivity contribution in [3.05, 3.63) is 62.5 Å². The van der Waals surface area contributed by atoms with E-state index in [4.69, 9.17) is 5.73 Å². The quantitative estimate of drug-likeness (QED) is 0.755. The van der Waals surface area contributed by atoms with E-state index in [9.17, 15) is 14.4 Å². The molecule has 0 unspecified atom stereocenters. The van der Waals surface area contributed by atoms with Gasteiger partial charge in [0.25, 0.3) is 11.5 Å². The second-order valence-electron chi connectivity index (χ2n) is 6.12. The molecule has 0 saturated heterocycles. The molecule has 3 aromatic rings. The molecule has 2 N–H and O–H groups in total. The number of benzene rings is 1. The number of amides is 2. The van der Waals surface area contributed by atoms with Gasteiger partial charge in [-0.1, -0.05) is 12.1 Å². The fourth-order valence-corrected chi connectivity index (χ4v) is 3.89. The van der Waals surface area contributed by atoms with Crippen molar-refractivity contribution < 1.29 is 9.59 Å². The van der Waals surface area contributed by atoms with E-state index in [1.54, 1.807) is 44.1 Å². The van der Waals surface area contributed by atoms with Gasteiger partial charge in [-0.15, -0.1) is 11.3 Å². The highest BCUT2D eigenvalue weighted by Gasteiger charge is 2.21. The number of carbonyl (C=O) groups is 2. The predicted octanol–water partition coefficient (Wildman–Crippen LogP) is 1.67. The fraction of sp³-hybridized carbons (Fsp3) is 0.222. The van der Waals surface area contributed by atoms with E-state index < -0.39 is 5.91 Å². The van der Waals surface area contributed by atoms with Crippen LogP contribution in [0.3, 0.4) is 0 Å². The molecule has 0 radical (unpaired) electrons. The first-order valence-corrected chi connectivity index (χ1v) is 8.70. The van der Waals surface area contributed by atoms with Crippen molar-refractivity contribution in [2.75, 3.05) is 7.05 Å². The minimum absolute atomic E-state index is 0.167. The lowest BCUT2D eigenvalue weighted by molar-refractivity contribution is 0.0789. The molecule has 134 valence electrons. The van der Waals surface area contributed by atoms with E-state index in [0.29, 0.717) is 32.8 Å². The van der Waals surface area contributed by atoms with Crippen LogP contribution in [0.2, 0.25) is 0 Å². The Morgan fingerprint density at radius 1 is 1.35 bits per heavy atom. The third-order valence-corrected chi connectivity index (χ3v) is 5.37. The summed E-state index contributed by atoms with van der Waals surface area (Å²) < 4.78 is 1.40. The summed E-state index contributed by atoms with van der Waals surface area (Å²) in [6.07, 6.45) is 1.45. The van der Waals surface area contributed by atoms with Gasteiger partial charge in [-0.2, -0.15) is 0 Å². The number of thiophene rings is 1. The molecule has 26 heavy (non-hydrogen) atoms. The smallest absolute Gasteiger partial charge is 0.264 e. The largest absolute Gasteiger partial charge is 0.366 e. The van der Waals surface area contributed by atoms with E-state index in [-0.39, 0.29) is 11.5 Å². The molecule has 0 bridgehead atoms. The summed E-state index contributed by atoms with van der Waals surface area (Å²) in [5, 5.41) is 0.479. The topological polar surface area (TPSA) is 98.3 Å². The maximum atomic E-state index is 12.9. The van der Waals surface area contributed by atoms with Crippen molar-refractivity contribution in [3.63, 3.8) is 0 Å². The van der Waals surface area contributed by atoms with Gasteiger partial charge in [-0.3, -0.25) is 14.4 Å². The third-order valence-electron chi connectivity index (χ3n) is 4.18. The highest BCUT2D eigenvalue weighted by atomic mass is 32.1. The third kappa shape index (κ3) is 3.11. The summed E-state index contributed by atoms with van der Waals surface area (Å²) in [7, 11) is 3.31. The zero-order chi connectivity index (χ0) is 19.0. The molecule has 3 rings (SSSR count). The molecule has 2 amide bonds. The van der Waals surface area contributed by atoms with Crippen LogP contribution < -0.4 is 11.3 Å². The first-order valence-electron chi connectivity index (χ1n) is 7.88. The van der Waals surface area contributed by atoms with Gasteiger partial charge in [-0.25, -0.2) is 4.98 Å². The van der Waals surface area contributed by atoms with Crippen molar-refractivity contribution in [1.29, 1.82) is 0 Å². The lowest BCUT2D eigenvalue weighted by Gasteiger charge is -2.17. The molecule has 7 nitrogen and oxygen atoms in total. The van der Waals surface area contributed by atoms with Gasteiger partial charge < -0.3 is 15.2 Å². The van der Waals surface area contributed by atoms with Crippen molar-refractivity contribution in [2.45, 2.75) is 13.5 Å². The highest BCUT2D eigenvalue weighted by molar-refractivity contribution is 7.20. The Morgan fingerprint density at radius 3 is 2.77 bits per heavy atom. The van der Waals surface area contributed by atoms with Crippen molar-refractivity contribution in [1.82, 2.24) is 14.5 Å². The first-order chi connectivity index (χ1) is 12.3. The minimum Gasteiger partial charge on any atom is -0.366 e. The summed E-state index contributed by atoms with van der Waals surface area (Å²) in [5.41, 5.74) is 6.96. The number of aryl methyl sites for hydroxylation is 2. The molecule has 0 saturated carbocycles. The van der Waals surface area contributed by atoms with Crippen LogP contribution >= 0.6 is 11.3 Å². The fourth-order valence-electron chi connectivity index (χ4n) is 2.75. The normalized spacial score (nSPS) is 10.9. The second-order valence-corrected chi connectivity index (χ2v) is 7.12. The van der Waals surface area contributed by atoms with E-state index >= 15 is 0 Å². The predicted molar refractivity (Wildman–Crippen MR) is 100 cm³/mol. The number of aromatic nitrogens is 2. The van der Waals surface area contributed by atoms with Crippen LogP contribution in [0.25, 0.3) is 10.2 Å². The van der Waals surface area contributed by atoms with Gasteiger partial charge >= 0.3 is 0 Å². The van der Waals surface area contributed by atoms with E-state index in [2.05, 4.69) is 4.98 Å². The Labute approximate surface area is 153 Å². The molecule has 0 spiro atoms. The van der Waals surface area contributed by atoms with Crippen molar-refractivity contribution >= 4 is 33.4 Å². The number of hydrogen-bond donors (Lipinski definition) is 1. The van der Waals surface area contributed by atoms with Crippen molar-refractivity contribution in [2.24, 2.45) is 12.8 Å². The molecule has 1 aromatic carbocycles. The summed E-state index contributed by atoms with van der Waals surface area (Å²) >= 11 is 1.21. The number of hydrogen-bond acceptors (Lipinski definition) is 5. The van der Waals surface area contributed by atoms with Crippen LogP contribution in [-0.4, -0.2) is 33.3 Å². The Balaban J connectivity index is 1.92. The molecular formula is C18H18N4O3S. The molecule has 0 atom stereocenters. The van der Waals surface area contributed by atoms with Gasteiger partial charge in [0.15, 0.2) is 0 Å².